The maximum Gasteiger partial charge on any atom is 0.337 e. The number of carboxylic acids is 1. The van der Waals surface area contributed by atoms with Gasteiger partial charge in [0.05, 0.1) is 10.6 Å². The zero-order valence-corrected chi connectivity index (χ0v) is 13.3. The lowest BCUT2D eigenvalue weighted by molar-refractivity contribution is 0.0696. The minimum atomic E-state index is -1.08. The van der Waals surface area contributed by atoms with E-state index in [1.807, 2.05) is 6.07 Å². The molecule has 0 unspecified atom stereocenters. The molecule has 0 saturated carbocycles. The van der Waals surface area contributed by atoms with E-state index in [-0.39, 0.29) is 10.6 Å². The van der Waals surface area contributed by atoms with Gasteiger partial charge in [0.1, 0.15) is 0 Å². The van der Waals surface area contributed by atoms with E-state index in [9.17, 15) is 4.79 Å². The van der Waals surface area contributed by atoms with Crippen LogP contribution in [0.1, 0.15) is 10.4 Å². The van der Waals surface area contributed by atoms with Crippen molar-refractivity contribution < 1.29 is 9.90 Å². The average molecular weight is 387 g/mol. The number of carboxylic acid groups (broad SMARTS) is 1. The number of fused-ring (bicyclic) bond motifs is 1. The molecule has 3 rings (SSSR count). The Balaban J connectivity index is 2.30. The molecular weight excluding hydrogens is 381 g/mol. The summed E-state index contributed by atoms with van der Waals surface area (Å²) in [6, 6.07) is 6.60. The zero-order chi connectivity index (χ0) is 15.1. The summed E-state index contributed by atoms with van der Waals surface area (Å²) in [7, 11) is 0. The van der Waals surface area contributed by atoms with Gasteiger partial charge >= 0.3 is 5.97 Å². The molecule has 1 aromatic carbocycles. The highest BCUT2D eigenvalue weighted by molar-refractivity contribution is 9.10. The normalized spacial score (nSPS) is 11.0. The van der Waals surface area contributed by atoms with Gasteiger partial charge in [-0.3, -0.25) is 4.40 Å². The molecule has 0 bridgehead atoms. The van der Waals surface area contributed by atoms with Gasteiger partial charge in [-0.25, -0.2) is 4.79 Å². The second-order valence-electron chi connectivity index (χ2n) is 4.26. The molecule has 0 amide bonds. The Labute approximate surface area is 137 Å². The standard InChI is InChI=1S/C13H6BrCl2N3O2/c14-8-1-6(2-9(15)4-8)11-17-18-12-10(16)3-7(13(20)21)5-19(11)12/h1-5H,(H,20,21). The minimum Gasteiger partial charge on any atom is -0.478 e. The van der Waals surface area contributed by atoms with E-state index in [1.165, 1.54) is 16.7 Å². The van der Waals surface area contributed by atoms with Gasteiger partial charge in [0, 0.05) is 21.3 Å². The average Bonchev–Trinajstić information content (AvgIpc) is 2.81. The second kappa shape index (κ2) is 5.29. The monoisotopic (exact) mass is 385 g/mol. The van der Waals surface area contributed by atoms with E-state index in [1.54, 1.807) is 12.1 Å². The summed E-state index contributed by atoms with van der Waals surface area (Å²) in [6.45, 7) is 0. The Bertz CT molecular complexity index is 859. The molecule has 21 heavy (non-hydrogen) atoms. The smallest absolute Gasteiger partial charge is 0.337 e. The van der Waals surface area contributed by atoms with Crippen LogP contribution in [0.5, 0.6) is 0 Å². The molecular formula is C13H6BrCl2N3O2. The first kappa shape index (κ1) is 14.3. The number of aromatic carboxylic acids is 1. The van der Waals surface area contributed by atoms with Gasteiger partial charge in [-0.2, -0.15) is 0 Å². The molecule has 8 heteroatoms. The number of aromatic nitrogens is 3. The van der Waals surface area contributed by atoms with Crippen molar-refractivity contribution in [2.24, 2.45) is 0 Å². The summed E-state index contributed by atoms with van der Waals surface area (Å²) in [5, 5.41) is 17.9. The molecule has 0 saturated heterocycles. The zero-order valence-electron chi connectivity index (χ0n) is 10.2. The Morgan fingerprint density at radius 1 is 1.19 bits per heavy atom. The molecule has 5 nitrogen and oxygen atoms in total. The van der Waals surface area contributed by atoms with Crippen LogP contribution in [0, 0.1) is 0 Å². The van der Waals surface area contributed by atoms with Crippen molar-refractivity contribution in [3.8, 4) is 11.4 Å². The highest BCUT2D eigenvalue weighted by Crippen LogP contribution is 2.28. The molecule has 2 aromatic heterocycles. The SMILES string of the molecule is O=C(O)c1cc(Cl)c2nnc(-c3cc(Cl)cc(Br)c3)n2c1. The van der Waals surface area contributed by atoms with Crippen molar-refractivity contribution in [3.63, 3.8) is 0 Å². The van der Waals surface area contributed by atoms with E-state index >= 15 is 0 Å². The van der Waals surface area contributed by atoms with E-state index in [0.29, 0.717) is 22.1 Å². The number of hydrogen-bond acceptors (Lipinski definition) is 3. The fourth-order valence-corrected chi connectivity index (χ4v) is 3.06. The van der Waals surface area contributed by atoms with Crippen molar-refractivity contribution in [1.29, 1.82) is 0 Å². The minimum absolute atomic E-state index is 0.0506. The maximum atomic E-state index is 11.1. The number of halogens is 3. The first-order valence-electron chi connectivity index (χ1n) is 5.70. The Hall–Kier alpha value is -1.63. The fraction of sp³-hybridized carbons (Fsp3) is 0. The molecule has 1 N–H and O–H groups in total. The van der Waals surface area contributed by atoms with E-state index < -0.39 is 5.97 Å². The molecule has 0 aliphatic carbocycles. The third kappa shape index (κ3) is 2.62. The molecule has 3 aromatic rings. The van der Waals surface area contributed by atoms with Crippen LogP contribution in [-0.2, 0) is 0 Å². The second-order valence-corrected chi connectivity index (χ2v) is 6.02. The largest absolute Gasteiger partial charge is 0.478 e. The summed E-state index contributed by atoms with van der Waals surface area (Å²) in [6.07, 6.45) is 1.42. The van der Waals surface area contributed by atoms with Crippen molar-refractivity contribution >= 4 is 50.7 Å². The van der Waals surface area contributed by atoms with Crippen LogP contribution in [-0.4, -0.2) is 25.7 Å². The van der Waals surface area contributed by atoms with Gasteiger partial charge in [-0.05, 0) is 24.3 Å². The number of carbonyl (C=O) groups is 1. The molecule has 0 radical (unpaired) electrons. The highest BCUT2D eigenvalue weighted by atomic mass is 79.9. The number of pyridine rings is 1. The topological polar surface area (TPSA) is 67.5 Å². The summed E-state index contributed by atoms with van der Waals surface area (Å²) in [4.78, 5) is 11.1. The lowest BCUT2D eigenvalue weighted by Crippen LogP contribution is -2.00. The van der Waals surface area contributed by atoms with Crippen molar-refractivity contribution in [2.75, 3.05) is 0 Å². The molecule has 0 spiro atoms. The Morgan fingerprint density at radius 3 is 2.62 bits per heavy atom. The summed E-state index contributed by atoms with van der Waals surface area (Å²) < 4.78 is 2.31. The number of benzene rings is 1. The number of hydrogen-bond donors (Lipinski definition) is 1. The predicted octanol–water partition coefficient (Wildman–Crippen LogP) is 4.16. The van der Waals surface area contributed by atoms with E-state index in [0.717, 1.165) is 4.47 Å². The van der Waals surface area contributed by atoms with E-state index in [4.69, 9.17) is 28.3 Å². The number of nitrogens with zero attached hydrogens (tertiary/aromatic N) is 3. The first-order chi connectivity index (χ1) is 9.95. The predicted molar refractivity (Wildman–Crippen MR) is 83.1 cm³/mol. The van der Waals surface area contributed by atoms with Crippen LogP contribution in [0.4, 0.5) is 0 Å². The quantitative estimate of drug-likeness (QED) is 0.717. The van der Waals surface area contributed by atoms with Crippen molar-refractivity contribution in [2.45, 2.75) is 0 Å². The van der Waals surface area contributed by atoms with Crippen LogP contribution < -0.4 is 0 Å². The van der Waals surface area contributed by atoms with Crippen LogP contribution in [0.3, 0.4) is 0 Å². The third-order valence-electron chi connectivity index (χ3n) is 2.83. The van der Waals surface area contributed by atoms with Crippen LogP contribution in [0.2, 0.25) is 10.0 Å². The Kier molecular flexibility index (Phi) is 3.61. The van der Waals surface area contributed by atoms with Crippen molar-refractivity contribution in [1.82, 2.24) is 14.6 Å². The fourth-order valence-electron chi connectivity index (χ4n) is 1.95. The summed E-state index contributed by atoms with van der Waals surface area (Å²) in [5.74, 6) is -0.621. The lowest BCUT2D eigenvalue weighted by Gasteiger charge is -2.04. The molecule has 0 atom stereocenters. The summed E-state index contributed by atoms with van der Waals surface area (Å²) >= 11 is 15.4. The molecule has 0 aliphatic rings. The van der Waals surface area contributed by atoms with Gasteiger partial charge in [-0.15, -0.1) is 10.2 Å². The first-order valence-corrected chi connectivity index (χ1v) is 7.24. The third-order valence-corrected chi connectivity index (χ3v) is 3.78. The van der Waals surface area contributed by atoms with Gasteiger partial charge < -0.3 is 5.11 Å². The molecule has 0 fully saturated rings. The molecule has 2 heterocycles. The van der Waals surface area contributed by atoms with Gasteiger partial charge in [0.2, 0.25) is 0 Å². The highest BCUT2D eigenvalue weighted by Gasteiger charge is 2.15. The number of rotatable bonds is 2. The van der Waals surface area contributed by atoms with Gasteiger partial charge in [0.15, 0.2) is 11.5 Å². The van der Waals surface area contributed by atoms with Gasteiger partial charge in [-0.1, -0.05) is 39.1 Å². The molecule has 106 valence electrons. The van der Waals surface area contributed by atoms with Crippen LogP contribution >= 0.6 is 39.1 Å². The Morgan fingerprint density at radius 2 is 1.95 bits per heavy atom. The molecule has 0 aliphatic heterocycles. The van der Waals surface area contributed by atoms with Crippen LogP contribution in [0.15, 0.2) is 34.9 Å². The van der Waals surface area contributed by atoms with Crippen molar-refractivity contribution in [3.05, 3.63) is 50.5 Å². The van der Waals surface area contributed by atoms with Gasteiger partial charge in [0.25, 0.3) is 0 Å². The van der Waals surface area contributed by atoms with Crippen LogP contribution in [0.25, 0.3) is 17.0 Å². The maximum absolute atomic E-state index is 11.1. The van der Waals surface area contributed by atoms with E-state index in [2.05, 4.69) is 26.1 Å². The summed E-state index contributed by atoms with van der Waals surface area (Å²) in [5.41, 5.74) is 1.13. The lowest BCUT2D eigenvalue weighted by atomic mass is 10.2.